The Hall–Kier alpha value is -0.755. The standard InChI is InChI=1S/3C8H11.La/c3*1-2-5-8-6-3-4-7-8;/h3*3-4,6-7H,2,5H2,1H3;/q3*-1;+3. The van der Waals surface area contributed by atoms with Gasteiger partial charge in [-0.15, -0.1) is 0 Å². The molecule has 0 radical (unpaired) electrons. The third kappa shape index (κ3) is 12.3. The fourth-order valence-electron chi connectivity index (χ4n) is 2.61. The molecule has 0 fully saturated rings. The summed E-state index contributed by atoms with van der Waals surface area (Å²) in [5.41, 5.74) is 4.40. The first-order chi connectivity index (χ1) is 11.8. The van der Waals surface area contributed by atoms with Crippen LogP contribution in [0.5, 0.6) is 0 Å². The maximum atomic E-state index is 2.20. The van der Waals surface area contributed by atoms with Crippen LogP contribution in [-0.2, 0) is 19.3 Å². The van der Waals surface area contributed by atoms with Crippen molar-refractivity contribution in [2.24, 2.45) is 0 Å². The quantitative estimate of drug-likeness (QED) is 0.345. The summed E-state index contributed by atoms with van der Waals surface area (Å²) in [6, 6.07) is 25.6. The molecule has 3 aromatic rings. The van der Waals surface area contributed by atoms with E-state index in [1.807, 2.05) is 0 Å². The van der Waals surface area contributed by atoms with E-state index in [2.05, 4.69) is 93.6 Å². The van der Waals surface area contributed by atoms with Crippen LogP contribution in [0.3, 0.4) is 0 Å². The smallest absolute Gasteiger partial charge is 0.213 e. The summed E-state index contributed by atoms with van der Waals surface area (Å²) in [5.74, 6) is 0. The Morgan fingerprint density at radius 3 is 0.800 bits per heavy atom. The zero-order valence-corrected chi connectivity index (χ0v) is 19.9. The summed E-state index contributed by atoms with van der Waals surface area (Å²) in [7, 11) is 0. The molecule has 0 N–H and O–H groups in total. The first-order valence-corrected chi connectivity index (χ1v) is 9.41. The molecular weight excluding hydrogens is 427 g/mol. The molecule has 3 aromatic carbocycles. The van der Waals surface area contributed by atoms with Crippen molar-refractivity contribution in [3.63, 3.8) is 0 Å². The summed E-state index contributed by atoms with van der Waals surface area (Å²) < 4.78 is 0. The molecular formula is C24H33La. The second-order valence-electron chi connectivity index (χ2n) is 6.13. The van der Waals surface area contributed by atoms with Crippen LogP contribution in [0.2, 0.25) is 0 Å². The molecule has 0 heterocycles. The van der Waals surface area contributed by atoms with E-state index < -0.39 is 0 Å². The van der Waals surface area contributed by atoms with Crippen molar-refractivity contribution >= 4 is 0 Å². The third-order valence-corrected chi connectivity index (χ3v) is 3.81. The van der Waals surface area contributed by atoms with Crippen LogP contribution in [0, 0.1) is 35.6 Å². The zero-order chi connectivity index (χ0) is 17.5. The van der Waals surface area contributed by atoms with Gasteiger partial charge in [0.05, 0.1) is 0 Å². The van der Waals surface area contributed by atoms with E-state index in [0.29, 0.717) is 0 Å². The topological polar surface area (TPSA) is 0 Å². The van der Waals surface area contributed by atoms with E-state index in [1.165, 1.54) is 55.2 Å². The average Bonchev–Trinajstić information content (AvgIpc) is 3.33. The van der Waals surface area contributed by atoms with Crippen molar-refractivity contribution in [1.29, 1.82) is 0 Å². The Morgan fingerprint density at radius 2 is 0.640 bits per heavy atom. The molecule has 0 spiro atoms. The third-order valence-electron chi connectivity index (χ3n) is 3.81. The molecule has 0 saturated heterocycles. The van der Waals surface area contributed by atoms with Crippen LogP contribution >= 0.6 is 0 Å². The fourth-order valence-corrected chi connectivity index (χ4v) is 2.61. The minimum Gasteiger partial charge on any atom is -0.213 e. The molecule has 0 unspecified atom stereocenters. The number of hydrogen-bond acceptors (Lipinski definition) is 0. The van der Waals surface area contributed by atoms with Crippen molar-refractivity contribution in [3.05, 3.63) is 89.5 Å². The summed E-state index contributed by atoms with van der Waals surface area (Å²) in [5, 5.41) is 0. The number of hydrogen-bond donors (Lipinski definition) is 0. The van der Waals surface area contributed by atoms with Crippen molar-refractivity contribution < 1.29 is 35.6 Å². The van der Waals surface area contributed by atoms with Gasteiger partial charge in [-0.1, -0.05) is 59.3 Å². The summed E-state index contributed by atoms with van der Waals surface area (Å²) in [4.78, 5) is 0. The van der Waals surface area contributed by atoms with Gasteiger partial charge in [-0.2, -0.15) is 53.1 Å². The second kappa shape index (κ2) is 16.7. The van der Waals surface area contributed by atoms with Crippen molar-refractivity contribution in [1.82, 2.24) is 0 Å². The monoisotopic (exact) mass is 460 g/mol. The van der Waals surface area contributed by atoms with E-state index in [9.17, 15) is 0 Å². The largest absolute Gasteiger partial charge is 3.00 e. The zero-order valence-electron chi connectivity index (χ0n) is 16.2. The Morgan fingerprint density at radius 1 is 0.440 bits per heavy atom. The first-order valence-electron chi connectivity index (χ1n) is 9.41. The van der Waals surface area contributed by atoms with Crippen LogP contribution in [0.4, 0.5) is 0 Å². The Bertz CT molecular complexity index is 470. The van der Waals surface area contributed by atoms with Gasteiger partial charge in [0.2, 0.25) is 0 Å². The van der Waals surface area contributed by atoms with Gasteiger partial charge in [0.15, 0.2) is 0 Å². The maximum Gasteiger partial charge on any atom is 3.00 e. The van der Waals surface area contributed by atoms with Gasteiger partial charge in [0.25, 0.3) is 0 Å². The van der Waals surface area contributed by atoms with E-state index in [-0.39, 0.29) is 35.6 Å². The number of rotatable bonds is 6. The summed E-state index contributed by atoms with van der Waals surface area (Å²) in [6.45, 7) is 6.60. The van der Waals surface area contributed by atoms with E-state index in [4.69, 9.17) is 0 Å². The normalized spacial score (nSPS) is 9.24. The molecule has 0 aromatic heterocycles. The molecule has 0 saturated carbocycles. The second-order valence-corrected chi connectivity index (χ2v) is 6.13. The predicted molar refractivity (Wildman–Crippen MR) is 108 cm³/mol. The molecule has 0 aliphatic carbocycles. The summed E-state index contributed by atoms with van der Waals surface area (Å²) in [6.07, 6.45) is 7.45. The van der Waals surface area contributed by atoms with Crippen molar-refractivity contribution in [3.8, 4) is 0 Å². The van der Waals surface area contributed by atoms with Crippen LogP contribution in [0.1, 0.15) is 56.7 Å². The van der Waals surface area contributed by atoms with Gasteiger partial charge in [-0.3, -0.25) is 0 Å². The molecule has 0 nitrogen and oxygen atoms in total. The molecule has 0 atom stereocenters. The SMILES string of the molecule is CCC[c-]1cccc1.CCC[c-]1cccc1.CCC[c-]1cccc1.[La+3]. The Kier molecular flexibility index (Phi) is 16.2. The number of aryl methyl sites for hydroxylation is 3. The maximum absolute atomic E-state index is 2.20. The molecule has 0 amide bonds. The Labute approximate surface area is 183 Å². The van der Waals surface area contributed by atoms with E-state index in [1.54, 1.807) is 0 Å². The predicted octanol–water partition coefficient (Wildman–Crippen LogP) is 7.07. The van der Waals surface area contributed by atoms with Gasteiger partial charge in [-0.05, 0) is 0 Å². The van der Waals surface area contributed by atoms with E-state index in [0.717, 1.165) is 0 Å². The van der Waals surface area contributed by atoms with Gasteiger partial charge < -0.3 is 0 Å². The van der Waals surface area contributed by atoms with Crippen LogP contribution in [-0.4, -0.2) is 0 Å². The van der Waals surface area contributed by atoms with Crippen molar-refractivity contribution in [2.75, 3.05) is 0 Å². The van der Waals surface area contributed by atoms with Crippen LogP contribution in [0.15, 0.2) is 72.8 Å². The molecule has 132 valence electrons. The van der Waals surface area contributed by atoms with Gasteiger partial charge >= 0.3 is 35.6 Å². The molecule has 25 heavy (non-hydrogen) atoms. The molecule has 0 aliphatic rings. The fraction of sp³-hybridized carbons (Fsp3) is 0.375. The minimum atomic E-state index is 0. The van der Waals surface area contributed by atoms with Gasteiger partial charge in [0.1, 0.15) is 0 Å². The van der Waals surface area contributed by atoms with Gasteiger partial charge in [0, 0.05) is 0 Å². The average molecular weight is 460 g/mol. The van der Waals surface area contributed by atoms with Crippen LogP contribution < -0.4 is 0 Å². The Balaban J connectivity index is 0.000000339. The molecule has 1 heteroatoms. The molecule has 0 bridgehead atoms. The molecule has 0 aliphatic heterocycles. The first kappa shape index (κ1) is 24.2. The van der Waals surface area contributed by atoms with Crippen molar-refractivity contribution in [2.45, 2.75) is 59.3 Å². The minimum absolute atomic E-state index is 0. The summed E-state index contributed by atoms with van der Waals surface area (Å²) >= 11 is 0. The van der Waals surface area contributed by atoms with E-state index >= 15 is 0 Å². The molecule has 3 rings (SSSR count). The van der Waals surface area contributed by atoms with Crippen LogP contribution in [0.25, 0.3) is 0 Å². The van der Waals surface area contributed by atoms with Gasteiger partial charge in [-0.25, -0.2) is 36.4 Å².